The molecule has 44 heavy (non-hydrogen) atoms. The summed E-state index contributed by atoms with van der Waals surface area (Å²) in [5.41, 5.74) is -1.12. The van der Waals surface area contributed by atoms with Crippen LogP contribution in [0, 0.1) is 5.92 Å². The van der Waals surface area contributed by atoms with Crippen LogP contribution in [0.3, 0.4) is 0 Å². The molecular formula is C32H43F3N2O7. The summed E-state index contributed by atoms with van der Waals surface area (Å²) >= 11 is 0. The Labute approximate surface area is 257 Å². The van der Waals surface area contributed by atoms with Gasteiger partial charge >= 0.3 is 12.3 Å². The first-order chi connectivity index (χ1) is 20.6. The Morgan fingerprint density at radius 3 is 2.23 bits per heavy atom. The molecule has 0 radical (unpaired) electrons. The molecule has 12 heteroatoms. The normalized spacial score (nSPS) is 17.0. The zero-order chi connectivity index (χ0) is 32.7. The summed E-state index contributed by atoms with van der Waals surface area (Å²) in [5.74, 6) is 0.530. The molecule has 0 aromatic heterocycles. The second-order valence-electron chi connectivity index (χ2n) is 11.9. The second-order valence-corrected chi connectivity index (χ2v) is 11.9. The summed E-state index contributed by atoms with van der Waals surface area (Å²) in [5, 5.41) is 0. The molecule has 2 amide bonds. The molecule has 2 aromatic rings. The number of ether oxygens (including phenoxy) is 5. The Morgan fingerprint density at radius 1 is 0.977 bits per heavy atom. The molecule has 1 aliphatic rings. The quantitative estimate of drug-likeness (QED) is 0.257. The molecule has 1 saturated heterocycles. The zero-order valence-electron chi connectivity index (χ0n) is 26.4. The number of nitrogens with zero attached hydrogens (tertiary/aromatic N) is 2. The van der Waals surface area contributed by atoms with Gasteiger partial charge in [0.25, 0.3) is 5.91 Å². The van der Waals surface area contributed by atoms with E-state index in [4.69, 9.17) is 23.7 Å². The fraction of sp³-hybridized carbons (Fsp3) is 0.562. The van der Waals surface area contributed by atoms with E-state index in [0.717, 1.165) is 12.1 Å². The number of hydrogen-bond donors (Lipinski definition) is 0. The van der Waals surface area contributed by atoms with Gasteiger partial charge < -0.3 is 33.5 Å². The number of carbonyl (C=O) groups is 2. The predicted molar refractivity (Wildman–Crippen MR) is 158 cm³/mol. The first-order valence-electron chi connectivity index (χ1n) is 14.6. The summed E-state index contributed by atoms with van der Waals surface area (Å²) in [6, 6.07) is 9.17. The molecule has 2 atom stereocenters. The van der Waals surface area contributed by atoms with Crippen LogP contribution in [-0.4, -0.2) is 86.6 Å². The molecule has 244 valence electrons. The Morgan fingerprint density at radius 2 is 1.66 bits per heavy atom. The minimum atomic E-state index is -4.48. The van der Waals surface area contributed by atoms with Gasteiger partial charge in [-0.25, -0.2) is 4.79 Å². The maximum atomic E-state index is 13.9. The highest BCUT2D eigenvalue weighted by molar-refractivity contribution is 5.95. The molecular weight excluding hydrogens is 581 g/mol. The predicted octanol–water partition coefficient (Wildman–Crippen LogP) is 6.29. The van der Waals surface area contributed by atoms with Crippen molar-refractivity contribution in [3.63, 3.8) is 0 Å². The second kappa shape index (κ2) is 14.9. The fourth-order valence-corrected chi connectivity index (χ4v) is 4.78. The van der Waals surface area contributed by atoms with Crippen LogP contribution in [0.2, 0.25) is 0 Å². The van der Waals surface area contributed by atoms with E-state index < -0.39 is 29.5 Å². The monoisotopic (exact) mass is 624 g/mol. The molecule has 0 spiro atoms. The van der Waals surface area contributed by atoms with Crippen molar-refractivity contribution in [3.05, 3.63) is 53.6 Å². The van der Waals surface area contributed by atoms with Crippen molar-refractivity contribution in [1.82, 2.24) is 9.80 Å². The third-order valence-corrected chi connectivity index (χ3v) is 6.98. The van der Waals surface area contributed by atoms with Crippen LogP contribution >= 0.6 is 0 Å². The van der Waals surface area contributed by atoms with E-state index in [1.165, 1.54) is 24.1 Å². The minimum absolute atomic E-state index is 0.142. The number of halogens is 3. The topological polar surface area (TPSA) is 86.8 Å². The van der Waals surface area contributed by atoms with Gasteiger partial charge in [-0.15, -0.1) is 0 Å². The molecule has 0 bridgehead atoms. The van der Waals surface area contributed by atoms with Gasteiger partial charge in [-0.3, -0.25) is 4.79 Å². The highest BCUT2D eigenvalue weighted by Gasteiger charge is 2.41. The lowest BCUT2D eigenvalue weighted by Crippen LogP contribution is -2.44. The molecule has 1 aliphatic heterocycles. The highest BCUT2D eigenvalue weighted by atomic mass is 19.4. The highest BCUT2D eigenvalue weighted by Crippen LogP contribution is 2.33. The van der Waals surface area contributed by atoms with Gasteiger partial charge in [0, 0.05) is 50.8 Å². The molecule has 1 heterocycles. The van der Waals surface area contributed by atoms with Crippen LogP contribution < -0.4 is 14.2 Å². The van der Waals surface area contributed by atoms with Crippen molar-refractivity contribution >= 4 is 12.0 Å². The molecule has 0 aliphatic carbocycles. The van der Waals surface area contributed by atoms with E-state index in [2.05, 4.69) is 0 Å². The smallest absolute Gasteiger partial charge is 0.416 e. The maximum absolute atomic E-state index is 13.9. The number of hydrogen-bond acceptors (Lipinski definition) is 7. The van der Waals surface area contributed by atoms with Crippen LogP contribution in [0.5, 0.6) is 17.2 Å². The number of amides is 2. The van der Waals surface area contributed by atoms with E-state index in [1.54, 1.807) is 51.0 Å². The number of likely N-dealkylation sites (tertiary alicyclic amines) is 1. The van der Waals surface area contributed by atoms with Gasteiger partial charge in [0.05, 0.1) is 25.8 Å². The molecule has 1 unspecified atom stereocenters. The Hall–Kier alpha value is -3.67. The summed E-state index contributed by atoms with van der Waals surface area (Å²) in [6.07, 6.45) is -4.96. The third-order valence-electron chi connectivity index (χ3n) is 6.98. The van der Waals surface area contributed by atoms with Gasteiger partial charge in [-0.05, 0) is 77.1 Å². The summed E-state index contributed by atoms with van der Waals surface area (Å²) in [4.78, 5) is 30.0. The molecule has 2 aromatic carbocycles. The van der Waals surface area contributed by atoms with Crippen LogP contribution in [-0.2, 0) is 15.7 Å². The van der Waals surface area contributed by atoms with Crippen molar-refractivity contribution in [2.45, 2.75) is 65.0 Å². The standard InChI is InChI=1S/C32H43F3N2O7/c1-21(2)37(29(38)22-9-14-26(41-7)27(17-22)42-16-8-15-40-6)19-23-18-36(30(39)44-31(3,4)5)20-28(23)43-25-12-10-24(11-13-25)32(33,34)35/h9-14,17,21,23,28H,8,15-16,18-20H2,1-7H3/t23-,28?/m0/s1. The van der Waals surface area contributed by atoms with Crippen molar-refractivity contribution < 1.29 is 46.4 Å². The summed E-state index contributed by atoms with van der Waals surface area (Å²) in [7, 11) is 3.13. The van der Waals surface area contributed by atoms with Gasteiger partial charge in [0.15, 0.2) is 11.5 Å². The number of alkyl halides is 3. The molecule has 9 nitrogen and oxygen atoms in total. The summed E-state index contributed by atoms with van der Waals surface area (Å²) < 4.78 is 67.4. The van der Waals surface area contributed by atoms with Crippen LogP contribution in [0.15, 0.2) is 42.5 Å². The third kappa shape index (κ3) is 9.67. The molecule has 3 rings (SSSR count). The number of methoxy groups -OCH3 is 2. The first-order valence-corrected chi connectivity index (χ1v) is 14.6. The van der Waals surface area contributed by atoms with Gasteiger partial charge in [0.1, 0.15) is 17.5 Å². The van der Waals surface area contributed by atoms with Crippen LogP contribution in [0.1, 0.15) is 57.0 Å². The largest absolute Gasteiger partial charge is 0.493 e. The zero-order valence-corrected chi connectivity index (χ0v) is 26.4. The van der Waals surface area contributed by atoms with Crippen molar-refractivity contribution in [3.8, 4) is 17.2 Å². The molecule has 0 N–H and O–H groups in total. The van der Waals surface area contributed by atoms with E-state index in [0.29, 0.717) is 36.7 Å². The Kier molecular flexibility index (Phi) is 11.8. The molecule has 1 fully saturated rings. The Bertz CT molecular complexity index is 1250. The lowest BCUT2D eigenvalue weighted by atomic mass is 10.0. The SMILES string of the molecule is COCCCOc1cc(C(=O)N(C[C@@H]2CN(C(=O)OC(C)(C)C)CC2Oc2ccc(C(F)(F)F)cc2)C(C)C)ccc1OC. The van der Waals surface area contributed by atoms with E-state index in [9.17, 15) is 22.8 Å². The Balaban J connectivity index is 1.85. The lowest BCUT2D eigenvalue weighted by molar-refractivity contribution is -0.137. The fourth-order valence-electron chi connectivity index (χ4n) is 4.78. The average molecular weight is 625 g/mol. The maximum Gasteiger partial charge on any atom is 0.416 e. The van der Waals surface area contributed by atoms with Crippen LogP contribution in [0.25, 0.3) is 0 Å². The number of carbonyl (C=O) groups excluding carboxylic acids is 2. The van der Waals surface area contributed by atoms with Gasteiger partial charge in [-0.2, -0.15) is 13.2 Å². The van der Waals surface area contributed by atoms with Crippen molar-refractivity contribution in [1.29, 1.82) is 0 Å². The van der Waals surface area contributed by atoms with Gasteiger partial charge in [-0.1, -0.05) is 0 Å². The van der Waals surface area contributed by atoms with Crippen LogP contribution in [0.4, 0.5) is 18.0 Å². The van der Waals surface area contributed by atoms with E-state index in [-0.39, 0.29) is 43.3 Å². The van der Waals surface area contributed by atoms with Crippen molar-refractivity contribution in [2.75, 3.05) is 47.1 Å². The number of benzene rings is 2. The summed E-state index contributed by atoms with van der Waals surface area (Å²) in [6.45, 7) is 10.5. The number of rotatable bonds is 12. The minimum Gasteiger partial charge on any atom is -0.493 e. The molecule has 0 saturated carbocycles. The first kappa shape index (κ1) is 34.8. The lowest BCUT2D eigenvalue weighted by Gasteiger charge is -2.31. The average Bonchev–Trinajstić information content (AvgIpc) is 3.34. The van der Waals surface area contributed by atoms with Gasteiger partial charge in [0.2, 0.25) is 0 Å². The van der Waals surface area contributed by atoms with E-state index >= 15 is 0 Å². The van der Waals surface area contributed by atoms with E-state index in [1.807, 2.05) is 13.8 Å². The van der Waals surface area contributed by atoms with Crippen molar-refractivity contribution in [2.24, 2.45) is 5.92 Å².